The van der Waals surface area contributed by atoms with E-state index in [0.29, 0.717) is 25.1 Å². The summed E-state index contributed by atoms with van der Waals surface area (Å²) in [5.41, 5.74) is 0.683. The van der Waals surface area contributed by atoms with Crippen molar-refractivity contribution in [2.45, 2.75) is 25.3 Å². The molecule has 2 aliphatic rings. The second-order valence-corrected chi connectivity index (χ2v) is 9.44. The van der Waals surface area contributed by atoms with Crippen molar-refractivity contribution in [2.75, 3.05) is 39.0 Å². The Bertz CT molecular complexity index is 931. The van der Waals surface area contributed by atoms with E-state index < -0.39 is 28.0 Å². The molecule has 1 atom stereocenters. The minimum atomic E-state index is -3.27. The maximum Gasteiger partial charge on any atom is 0.324 e. The van der Waals surface area contributed by atoms with Gasteiger partial charge in [0.05, 0.1) is 6.26 Å². The van der Waals surface area contributed by atoms with E-state index in [0.717, 1.165) is 11.2 Å². The molecule has 2 aliphatic heterocycles. The molecule has 11 heteroatoms. The SMILES string of the molecule is CS(=O)(=O)N1CCN(C(=O)CCC2NC(=O)N(CCc3cccc(F)c3)C2=O)CC1. The molecule has 0 aliphatic carbocycles. The molecule has 30 heavy (non-hydrogen) atoms. The van der Waals surface area contributed by atoms with Crippen LogP contribution < -0.4 is 5.32 Å². The van der Waals surface area contributed by atoms with Gasteiger partial charge in [-0.3, -0.25) is 14.5 Å². The van der Waals surface area contributed by atoms with Gasteiger partial charge in [-0.25, -0.2) is 17.6 Å². The fourth-order valence-electron chi connectivity index (χ4n) is 3.61. The summed E-state index contributed by atoms with van der Waals surface area (Å²) in [6.45, 7) is 1.23. The number of nitrogens with zero attached hydrogens (tertiary/aromatic N) is 3. The van der Waals surface area contributed by atoms with Crippen LogP contribution >= 0.6 is 0 Å². The summed E-state index contributed by atoms with van der Waals surface area (Å²) in [4.78, 5) is 39.7. The molecule has 2 saturated heterocycles. The normalized spacial score (nSPS) is 20.5. The molecular formula is C19H25FN4O5S. The highest BCUT2D eigenvalue weighted by Crippen LogP contribution is 2.15. The zero-order valence-electron chi connectivity index (χ0n) is 16.7. The number of benzene rings is 1. The van der Waals surface area contributed by atoms with Crippen molar-refractivity contribution in [3.8, 4) is 0 Å². The lowest BCUT2D eigenvalue weighted by Crippen LogP contribution is -2.50. The third kappa shape index (κ3) is 5.33. The number of piperazine rings is 1. The summed E-state index contributed by atoms with van der Waals surface area (Å²) in [6.07, 6.45) is 1.73. The molecule has 1 unspecified atom stereocenters. The van der Waals surface area contributed by atoms with E-state index in [1.54, 1.807) is 17.0 Å². The number of hydrogen-bond donors (Lipinski definition) is 1. The van der Waals surface area contributed by atoms with Gasteiger partial charge in [0.15, 0.2) is 0 Å². The summed E-state index contributed by atoms with van der Waals surface area (Å²) in [5.74, 6) is -0.951. The Morgan fingerprint density at radius 1 is 1.20 bits per heavy atom. The van der Waals surface area contributed by atoms with Crippen molar-refractivity contribution in [3.05, 3.63) is 35.6 Å². The van der Waals surface area contributed by atoms with Crippen LogP contribution in [0.3, 0.4) is 0 Å². The van der Waals surface area contributed by atoms with Crippen LogP contribution in [0.15, 0.2) is 24.3 Å². The Balaban J connectivity index is 1.46. The Kier molecular flexibility index (Phi) is 6.71. The maximum atomic E-state index is 13.3. The predicted octanol–water partition coefficient (Wildman–Crippen LogP) is 0.173. The summed E-state index contributed by atoms with van der Waals surface area (Å²) < 4.78 is 37.7. The molecule has 4 amide bonds. The number of carbonyl (C=O) groups excluding carboxylic acids is 3. The van der Waals surface area contributed by atoms with Gasteiger partial charge in [-0.1, -0.05) is 12.1 Å². The molecule has 1 aromatic rings. The summed E-state index contributed by atoms with van der Waals surface area (Å²) >= 11 is 0. The number of hydrogen-bond acceptors (Lipinski definition) is 5. The lowest BCUT2D eigenvalue weighted by atomic mass is 10.1. The van der Waals surface area contributed by atoms with Crippen LogP contribution in [-0.2, 0) is 26.0 Å². The van der Waals surface area contributed by atoms with Crippen LogP contribution in [0.5, 0.6) is 0 Å². The zero-order valence-corrected chi connectivity index (χ0v) is 17.5. The van der Waals surface area contributed by atoms with Crippen molar-refractivity contribution in [1.82, 2.24) is 19.4 Å². The largest absolute Gasteiger partial charge is 0.340 e. The number of rotatable bonds is 7. The fourth-order valence-corrected chi connectivity index (χ4v) is 4.44. The molecule has 9 nitrogen and oxygen atoms in total. The fraction of sp³-hybridized carbons (Fsp3) is 0.526. The molecule has 2 fully saturated rings. The first-order chi connectivity index (χ1) is 14.1. The van der Waals surface area contributed by atoms with Crippen LogP contribution in [-0.4, -0.2) is 85.4 Å². The molecule has 0 radical (unpaired) electrons. The predicted molar refractivity (Wildman–Crippen MR) is 106 cm³/mol. The number of sulfonamides is 1. The van der Waals surface area contributed by atoms with E-state index in [-0.39, 0.29) is 44.2 Å². The van der Waals surface area contributed by atoms with Gasteiger partial charge < -0.3 is 10.2 Å². The average molecular weight is 440 g/mol. The molecule has 0 spiro atoms. The topological polar surface area (TPSA) is 107 Å². The first-order valence-corrected chi connectivity index (χ1v) is 11.6. The van der Waals surface area contributed by atoms with Crippen molar-refractivity contribution in [2.24, 2.45) is 0 Å². The molecule has 0 bridgehead atoms. The Labute approximate surface area is 174 Å². The van der Waals surface area contributed by atoms with Gasteiger partial charge in [-0.15, -0.1) is 0 Å². The minimum absolute atomic E-state index is 0.0767. The lowest BCUT2D eigenvalue weighted by Gasteiger charge is -2.33. The molecule has 1 aromatic carbocycles. The van der Waals surface area contributed by atoms with Crippen LogP contribution in [0.1, 0.15) is 18.4 Å². The molecule has 0 aromatic heterocycles. The van der Waals surface area contributed by atoms with Crippen molar-refractivity contribution in [3.63, 3.8) is 0 Å². The highest BCUT2D eigenvalue weighted by atomic mass is 32.2. The third-order valence-corrected chi connectivity index (χ3v) is 6.63. The monoisotopic (exact) mass is 440 g/mol. The van der Waals surface area contributed by atoms with Gasteiger partial charge in [0.1, 0.15) is 11.9 Å². The van der Waals surface area contributed by atoms with E-state index in [4.69, 9.17) is 0 Å². The summed E-state index contributed by atoms with van der Waals surface area (Å²) in [7, 11) is -3.27. The number of carbonyl (C=O) groups is 3. The van der Waals surface area contributed by atoms with E-state index in [9.17, 15) is 27.2 Å². The van der Waals surface area contributed by atoms with Crippen LogP contribution in [0.4, 0.5) is 9.18 Å². The number of nitrogens with one attached hydrogen (secondary N) is 1. The number of urea groups is 1. The van der Waals surface area contributed by atoms with E-state index in [1.807, 2.05) is 0 Å². The zero-order chi connectivity index (χ0) is 21.9. The third-order valence-electron chi connectivity index (χ3n) is 5.33. The van der Waals surface area contributed by atoms with Gasteiger partial charge in [-0.2, -0.15) is 4.31 Å². The standard InChI is InChI=1S/C19H25FN4O5S/c1-30(28,29)23-11-9-22(10-12-23)17(25)6-5-16-18(26)24(19(27)21-16)8-7-14-3-2-4-15(20)13-14/h2-4,13,16H,5-12H2,1H3,(H,21,27). The van der Waals surface area contributed by atoms with E-state index in [1.165, 1.54) is 16.4 Å². The molecule has 164 valence electrons. The molecule has 0 saturated carbocycles. The van der Waals surface area contributed by atoms with Gasteiger partial charge >= 0.3 is 6.03 Å². The van der Waals surface area contributed by atoms with Crippen molar-refractivity contribution < 1.29 is 27.2 Å². The first-order valence-electron chi connectivity index (χ1n) is 9.74. The second kappa shape index (κ2) is 9.09. The highest BCUT2D eigenvalue weighted by Gasteiger charge is 2.38. The van der Waals surface area contributed by atoms with Crippen LogP contribution in [0.2, 0.25) is 0 Å². The quantitative estimate of drug-likeness (QED) is 0.609. The first kappa shape index (κ1) is 22.2. The average Bonchev–Trinajstić information content (AvgIpc) is 2.97. The maximum absolute atomic E-state index is 13.3. The smallest absolute Gasteiger partial charge is 0.324 e. The highest BCUT2D eigenvalue weighted by molar-refractivity contribution is 7.88. The molecule has 1 N–H and O–H groups in total. The Morgan fingerprint density at radius 2 is 1.90 bits per heavy atom. The minimum Gasteiger partial charge on any atom is -0.340 e. The molecular weight excluding hydrogens is 415 g/mol. The number of halogens is 1. The van der Waals surface area contributed by atoms with Gasteiger partial charge in [-0.05, 0) is 30.5 Å². The molecule has 2 heterocycles. The van der Waals surface area contributed by atoms with Gasteiger partial charge in [0, 0.05) is 39.1 Å². The van der Waals surface area contributed by atoms with Crippen molar-refractivity contribution in [1.29, 1.82) is 0 Å². The van der Waals surface area contributed by atoms with Crippen LogP contribution in [0, 0.1) is 5.82 Å². The van der Waals surface area contributed by atoms with E-state index >= 15 is 0 Å². The summed E-state index contributed by atoms with van der Waals surface area (Å²) in [6, 6.07) is 4.69. The van der Waals surface area contributed by atoms with Crippen LogP contribution in [0.25, 0.3) is 0 Å². The Hall–Kier alpha value is -2.53. The second-order valence-electron chi connectivity index (χ2n) is 7.45. The summed E-state index contributed by atoms with van der Waals surface area (Å²) in [5, 5.41) is 2.59. The van der Waals surface area contributed by atoms with Gasteiger partial charge in [0.2, 0.25) is 15.9 Å². The number of amides is 4. The van der Waals surface area contributed by atoms with E-state index in [2.05, 4.69) is 5.32 Å². The molecule has 3 rings (SSSR count). The van der Waals surface area contributed by atoms with Gasteiger partial charge in [0.25, 0.3) is 5.91 Å². The number of imide groups is 1. The Morgan fingerprint density at radius 3 is 2.53 bits per heavy atom. The van der Waals surface area contributed by atoms with Crippen molar-refractivity contribution >= 4 is 27.9 Å². The lowest BCUT2D eigenvalue weighted by molar-refractivity contribution is -0.133.